The Morgan fingerprint density at radius 2 is 1.83 bits per heavy atom. The van der Waals surface area contributed by atoms with Gasteiger partial charge in [0, 0.05) is 24.3 Å². The van der Waals surface area contributed by atoms with Gasteiger partial charge in [-0.25, -0.2) is 9.37 Å². The molecule has 1 atom stereocenters. The van der Waals surface area contributed by atoms with Crippen LogP contribution in [0.4, 0.5) is 15.9 Å². The van der Waals surface area contributed by atoms with E-state index in [4.69, 9.17) is 4.98 Å². The minimum Gasteiger partial charge on any atom is -0.384 e. The molecule has 0 fully saturated rings. The largest absolute Gasteiger partial charge is 0.384 e. The summed E-state index contributed by atoms with van der Waals surface area (Å²) in [5.41, 5.74) is 3.57. The fraction of sp³-hybridized carbons (Fsp3) is 0.273. The lowest BCUT2D eigenvalue weighted by Crippen LogP contribution is -2.42. The van der Waals surface area contributed by atoms with Crippen LogP contribution in [0.5, 0.6) is 0 Å². The molecule has 3 aromatic rings. The number of nitrogens with zero attached hydrogens (tertiary/aromatic N) is 3. The molecule has 0 spiro atoms. The smallest absolute Gasteiger partial charge is 0.251 e. The first-order chi connectivity index (χ1) is 13.9. The van der Waals surface area contributed by atoms with E-state index in [1.54, 1.807) is 17.0 Å². The third-order valence-corrected chi connectivity index (χ3v) is 5.07. The van der Waals surface area contributed by atoms with Crippen LogP contribution in [0.25, 0.3) is 11.3 Å². The van der Waals surface area contributed by atoms with Crippen molar-refractivity contribution in [1.82, 2.24) is 14.5 Å². The molecule has 2 N–H and O–H groups in total. The van der Waals surface area contributed by atoms with E-state index in [0.717, 1.165) is 28.5 Å². The van der Waals surface area contributed by atoms with E-state index in [-0.39, 0.29) is 11.7 Å². The molecule has 0 saturated carbocycles. The number of anilines is 2. The summed E-state index contributed by atoms with van der Waals surface area (Å²) in [6.45, 7) is 4.85. The van der Waals surface area contributed by atoms with Crippen LogP contribution < -0.4 is 5.32 Å². The highest BCUT2D eigenvalue weighted by Gasteiger charge is 2.28. The standard InChI is InChI=1S/C22H23FN4O2/c1-14-3-9-18(10-4-14)24-21-20(16-5-7-17(23)8-6-16)25-19-13-26(11-12-27(19)21)22(29)15(2)28/h3-10,15,24,28H,11-13H2,1-2H3/t15-/m0/s1. The van der Waals surface area contributed by atoms with Crippen molar-refractivity contribution in [1.29, 1.82) is 0 Å². The number of aryl methyl sites for hydroxylation is 1. The number of carbonyl (C=O) groups is 1. The Hall–Kier alpha value is -3.19. The number of fused-ring (bicyclic) bond motifs is 1. The molecule has 0 saturated heterocycles. The average molecular weight is 394 g/mol. The molecule has 1 aliphatic rings. The molecule has 2 aromatic carbocycles. The lowest BCUT2D eigenvalue weighted by atomic mass is 10.1. The Balaban J connectivity index is 1.74. The molecule has 7 heteroatoms. The molecule has 4 rings (SSSR count). The predicted molar refractivity (Wildman–Crippen MR) is 109 cm³/mol. The number of imidazole rings is 1. The maximum atomic E-state index is 13.4. The van der Waals surface area contributed by atoms with E-state index in [1.165, 1.54) is 19.1 Å². The van der Waals surface area contributed by atoms with Gasteiger partial charge in [-0.3, -0.25) is 4.79 Å². The van der Waals surface area contributed by atoms with E-state index in [2.05, 4.69) is 5.32 Å². The first-order valence-corrected chi connectivity index (χ1v) is 9.58. The minimum absolute atomic E-state index is 0.306. The molecular formula is C22H23FN4O2. The second-order valence-electron chi connectivity index (χ2n) is 7.31. The van der Waals surface area contributed by atoms with Crippen LogP contribution in [-0.2, 0) is 17.9 Å². The van der Waals surface area contributed by atoms with Crippen LogP contribution in [0, 0.1) is 12.7 Å². The molecule has 29 heavy (non-hydrogen) atoms. The van der Waals surface area contributed by atoms with E-state index >= 15 is 0 Å². The number of hydrogen-bond acceptors (Lipinski definition) is 4. The van der Waals surface area contributed by atoms with Gasteiger partial charge < -0.3 is 19.9 Å². The lowest BCUT2D eigenvalue weighted by Gasteiger charge is -2.29. The maximum Gasteiger partial charge on any atom is 0.251 e. The van der Waals surface area contributed by atoms with Crippen LogP contribution in [-0.4, -0.2) is 38.1 Å². The van der Waals surface area contributed by atoms with Gasteiger partial charge in [0.25, 0.3) is 5.91 Å². The minimum atomic E-state index is -1.04. The van der Waals surface area contributed by atoms with Crippen LogP contribution in [0.2, 0.25) is 0 Å². The SMILES string of the molecule is Cc1ccc(Nc2c(-c3ccc(F)cc3)nc3n2CCN(C(=O)[C@H](C)O)C3)cc1. The second-order valence-corrected chi connectivity index (χ2v) is 7.31. The number of carbonyl (C=O) groups excluding carboxylic acids is 1. The van der Waals surface area contributed by atoms with Crippen molar-refractivity contribution in [2.75, 3.05) is 11.9 Å². The van der Waals surface area contributed by atoms with Gasteiger partial charge >= 0.3 is 0 Å². The summed E-state index contributed by atoms with van der Waals surface area (Å²) in [5.74, 6) is 0.911. The van der Waals surface area contributed by atoms with Gasteiger partial charge in [-0.15, -0.1) is 0 Å². The molecule has 0 radical (unpaired) electrons. The van der Waals surface area contributed by atoms with Crippen molar-refractivity contribution in [3.8, 4) is 11.3 Å². The Morgan fingerprint density at radius 1 is 1.14 bits per heavy atom. The van der Waals surface area contributed by atoms with Crippen LogP contribution >= 0.6 is 0 Å². The van der Waals surface area contributed by atoms with Gasteiger partial charge in [0.05, 0.1) is 6.54 Å². The molecular weight excluding hydrogens is 371 g/mol. The quantitative estimate of drug-likeness (QED) is 0.711. The predicted octanol–water partition coefficient (Wildman–Crippen LogP) is 3.46. The number of amides is 1. The van der Waals surface area contributed by atoms with Crippen molar-refractivity contribution in [2.45, 2.75) is 33.0 Å². The third kappa shape index (κ3) is 3.86. The highest BCUT2D eigenvalue weighted by molar-refractivity contribution is 5.81. The van der Waals surface area contributed by atoms with Crippen molar-refractivity contribution in [3.63, 3.8) is 0 Å². The van der Waals surface area contributed by atoms with Crippen LogP contribution in [0.15, 0.2) is 48.5 Å². The molecule has 0 unspecified atom stereocenters. The molecule has 6 nitrogen and oxygen atoms in total. The van der Waals surface area contributed by atoms with Gasteiger partial charge in [0.1, 0.15) is 29.3 Å². The second kappa shape index (κ2) is 7.67. The molecule has 1 aliphatic heterocycles. The first kappa shape index (κ1) is 19.1. The van der Waals surface area contributed by atoms with E-state index in [0.29, 0.717) is 25.3 Å². The van der Waals surface area contributed by atoms with Crippen molar-refractivity contribution in [3.05, 3.63) is 65.7 Å². The first-order valence-electron chi connectivity index (χ1n) is 9.58. The summed E-state index contributed by atoms with van der Waals surface area (Å²) < 4.78 is 15.5. The average Bonchev–Trinajstić information content (AvgIpc) is 3.07. The van der Waals surface area contributed by atoms with Crippen molar-refractivity contribution >= 4 is 17.4 Å². The van der Waals surface area contributed by atoms with Gasteiger partial charge in [-0.1, -0.05) is 17.7 Å². The van der Waals surface area contributed by atoms with Crippen molar-refractivity contribution in [2.24, 2.45) is 0 Å². The molecule has 1 amide bonds. The van der Waals surface area contributed by atoms with E-state index in [9.17, 15) is 14.3 Å². The zero-order chi connectivity index (χ0) is 20.5. The van der Waals surface area contributed by atoms with Crippen LogP contribution in [0.3, 0.4) is 0 Å². The number of hydrogen-bond donors (Lipinski definition) is 2. The van der Waals surface area contributed by atoms with Crippen molar-refractivity contribution < 1.29 is 14.3 Å². The number of halogens is 1. The highest BCUT2D eigenvalue weighted by Crippen LogP contribution is 2.33. The Bertz CT molecular complexity index is 1030. The van der Waals surface area contributed by atoms with Gasteiger partial charge in [-0.05, 0) is 50.2 Å². The molecule has 2 heterocycles. The zero-order valence-corrected chi connectivity index (χ0v) is 16.4. The number of rotatable bonds is 4. The van der Waals surface area contributed by atoms with Gasteiger partial charge in [-0.2, -0.15) is 0 Å². The van der Waals surface area contributed by atoms with Crippen LogP contribution in [0.1, 0.15) is 18.3 Å². The number of benzene rings is 2. The number of aliphatic hydroxyl groups excluding tert-OH is 1. The summed E-state index contributed by atoms with van der Waals surface area (Å²) >= 11 is 0. The number of aromatic nitrogens is 2. The molecule has 1 aromatic heterocycles. The zero-order valence-electron chi connectivity index (χ0n) is 16.4. The fourth-order valence-corrected chi connectivity index (χ4v) is 3.49. The Morgan fingerprint density at radius 3 is 2.48 bits per heavy atom. The molecule has 0 bridgehead atoms. The summed E-state index contributed by atoms with van der Waals surface area (Å²) in [7, 11) is 0. The number of aliphatic hydroxyl groups is 1. The summed E-state index contributed by atoms with van der Waals surface area (Å²) in [6, 6.07) is 14.3. The molecule has 0 aliphatic carbocycles. The normalized spacial score (nSPS) is 14.4. The number of nitrogens with one attached hydrogen (secondary N) is 1. The Labute approximate surface area is 168 Å². The van der Waals surface area contributed by atoms with Gasteiger partial charge in [0.2, 0.25) is 0 Å². The fourth-order valence-electron chi connectivity index (χ4n) is 3.49. The third-order valence-electron chi connectivity index (χ3n) is 5.07. The maximum absolute atomic E-state index is 13.4. The lowest BCUT2D eigenvalue weighted by molar-refractivity contribution is -0.140. The van der Waals surface area contributed by atoms with E-state index in [1.807, 2.05) is 35.8 Å². The highest BCUT2D eigenvalue weighted by atomic mass is 19.1. The monoisotopic (exact) mass is 394 g/mol. The molecule has 150 valence electrons. The van der Waals surface area contributed by atoms with Gasteiger partial charge in [0.15, 0.2) is 0 Å². The summed E-state index contributed by atoms with van der Waals surface area (Å²) in [6.07, 6.45) is -1.04. The summed E-state index contributed by atoms with van der Waals surface area (Å²) in [5, 5.41) is 13.1. The Kier molecular flexibility index (Phi) is 5.07. The topological polar surface area (TPSA) is 70.4 Å². The van der Waals surface area contributed by atoms with E-state index < -0.39 is 6.10 Å². The summed E-state index contributed by atoms with van der Waals surface area (Å²) in [4.78, 5) is 18.6.